The van der Waals surface area contributed by atoms with Crippen LogP contribution in [0.1, 0.15) is 26.2 Å². The molecule has 0 spiro atoms. The lowest BCUT2D eigenvalue weighted by Crippen LogP contribution is -3.00. The highest BCUT2D eigenvalue weighted by molar-refractivity contribution is 5.90. The van der Waals surface area contributed by atoms with Gasteiger partial charge < -0.3 is 27.4 Å². The largest absolute Gasteiger partial charge is 1.00 e. The van der Waals surface area contributed by atoms with Crippen molar-refractivity contribution >= 4 is 17.6 Å². The topological polar surface area (TPSA) is 58.6 Å². The van der Waals surface area contributed by atoms with E-state index in [0.29, 0.717) is 26.1 Å². The van der Waals surface area contributed by atoms with Crippen molar-refractivity contribution in [1.82, 2.24) is 4.90 Å². The molecular weight excluding hydrogens is 316 g/mol. The number of halogens is 1. The van der Waals surface area contributed by atoms with E-state index in [1.165, 1.54) is 0 Å². The van der Waals surface area contributed by atoms with Gasteiger partial charge in [-0.1, -0.05) is 18.2 Å². The predicted octanol–water partition coefficient (Wildman–Crippen LogP) is -0.706. The molecule has 1 N–H and O–H groups in total. The number of esters is 1. The Balaban J connectivity index is 0.00000264. The molecule has 1 fully saturated rings. The second-order valence-corrected chi connectivity index (χ2v) is 5.56. The van der Waals surface area contributed by atoms with E-state index in [-0.39, 0.29) is 30.2 Å². The van der Waals surface area contributed by atoms with Crippen molar-refractivity contribution in [3.05, 3.63) is 30.3 Å². The predicted molar refractivity (Wildman–Crippen MR) is 85.5 cm³/mol. The number of carbonyl (C=O) groups excluding carboxylic acids is 2. The number of rotatable bonds is 6. The fourth-order valence-corrected chi connectivity index (χ4v) is 2.72. The van der Waals surface area contributed by atoms with Crippen LogP contribution in [0, 0.1) is 5.92 Å². The third-order valence-electron chi connectivity index (χ3n) is 3.84. The molecule has 0 aliphatic carbocycles. The number of benzene rings is 1. The highest BCUT2D eigenvalue weighted by atomic mass is 35.5. The van der Waals surface area contributed by atoms with E-state index in [4.69, 9.17) is 4.74 Å². The van der Waals surface area contributed by atoms with Crippen molar-refractivity contribution in [2.45, 2.75) is 26.2 Å². The molecule has 1 aliphatic rings. The van der Waals surface area contributed by atoms with Gasteiger partial charge in [0.05, 0.1) is 12.5 Å². The van der Waals surface area contributed by atoms with Crippen LogP contribution < -0.4 is 17.7 Å². The Morgan fingerprint density at radius 2 is 2.04 bits per heavy atom. The van der Waals surface area contributed by atoms with Crippen molar-refractivity contribution < 1.29 is 26.7 Å². The Kier molecular flexibility index (Phi) is 8.66. The Labute approximate surface area is 143 Å². The number of nitrogens with one attached hydrogen (secondary N) is 1. The molecule has 1 aromatic rings. The van der Waals surface area contributed by atoms with E-state index in [9.17, 15) is 9.59 Å². The van der Waals surface area contributed by atoms with E-state index in [1.807, 2.05) is 37.3 Å². The van der Waals surface area contributed by atoms with Gasteiger partial charge in [-0.15, -0.1) is 0 Å². The van der Waals surface area contributed by atoms with Gasteiger partial charge in [-0.05, 0) is 38.4 Å². The van der Waals surface area contributed by atoms with Crippen LogP contribution in [-0.2, 0) is 14.3 Å². The standard InChI is InChI=1S/C17H24N2O3.ClH/c1-2-22-17(21)14-7-6-11-19(13-14)12-10-16(20)18-15-8-4-3-5-9-15;/h3-5,8-9,14H,2,6-7,10-13H2,1H3,(H,18,20);1H/p-1. The molecule has 1 saturated heterocycles. The lowest BCUT2D eigenvalue weighted by Gasteiger charge is -2.31. The first-order valence-electron chi connectivity index (χ1n) is 7.93. The summed E-state index contributed by atoms with van der Waals surface area (Å²) in [4.78, 5) is 25.9. The molecule has 2 rings (SSSR count). The van der Waals surface area contributed by atoms with Gasteiger partial charge in [0.1, 0.15) is 0 Å². The zero-order chi connectivity index (χ0) is 15.8. The van der Waals surface area contributed by atoms with Gasteiger partial charge in [0, 0.05) is 25.2 Å². The van der Waals surface area contributed by atoms with Crippen LogP contribution in [0.3, 0.4) is 0 Å². The van der Waals surface area contributed by atoms with Crippen molar-refractivity contribution in [1.29, 1.82) is 0 Å². The minimum absolute atomic E-state index is 0. The summed E-state index contributed by atoms with van der Waals surface area (Å²) in [6.07, 6.45) is 2.29. The zero-order valence-electron chi connectivity index (χ0n) is 13.5. The number of piperidine rings is 1. The maximum Gasteiger partial charge on any atom is 0.310 e. The Morgan fingerprint density at radius 3 is 2.74 bits per heavy atom. The summed E-state index contributed by atoms with van der Waals surface area (Å²) in [5, 5.41) is 2.88. The average Bonchev–Trinajstić information content (AvgIpc) is 2.54. The number of hydrogen-bond acceptors (Lipinski definition) is 4. The monoisotopic (exact) mass is 339 g/mol. The summed E-state index contributed by atoms with van der Waals surface area (Å²) in [5.41, 5.74) is 0.815. The summed E-state index contributed by atoms with van der Waals surface area (Å²) in [7, 11) is 0. The number of para-hydroxylation sites is 1. The van der Waals surface area contributed by atoms with Gasteiger partial charge in [-0.25, -0.2) is 0 Å². The minimum Gasteiger partial charge on any atom is -1.00 e. The highest BCUT2D eigenvalue weighted by Crippen LogP contribution is 2.18. The second-order valence-electron chi connectivity index (χ2n) is 5.56. The first-order valence-corrected chi connectivity index (χ1v) is 7.93. The number of amides is 1. The molecule has 0 bridgehead atoms. The number of ether oxygens (including phenoxy) is 1. The zero-order valence-corrected chi connectivity index (χ0v) is 14.2. The highest BCUT2D eigenvalue weighted by Gasteiger charge is 2.26. The van der Waals surface area contributed by atoms with E-state index < -0.39 is 0 Å². The first-order chi connectivity index (χ1) is 10.7. The van der Waals surface area contributed by atoms with Crippen LogP contribution in [0.25, 0.3) is 0 Å². The van der Waals surface area contributed by atoms with Crippen LogP contribution in [0.15, 0.2) is 30.3 Å². The molecule has 1 amide bonds. The van der Waals surface area contributed by atoms with E-state index in [1.54, 1.807) is 0 Å². The number of anilines is 1. The van der Waals surface area contributed by atoms with Crippen molar-refractivity contribution in [2.75, 3.05) is 31.6 Å². The number of carbonyl (C=O) groups is 2. The molecule has 0 radical (unpaired) electrons. The van der Waals surface area contributed by atoms with E-state index >= 15 is 0 Å². The van der Waals surface area contributed by atoms with Gasteiger partial charge >= 0.3 is 5.97 Å². The molecule has 0 aromatic heterocycles. The molecule has 23 heavy (non-hydrogen) atoms. The lowest BCUT2D eigenvalue weighted by atomic mass is 9.98. The van der Waals surface area contributed by atoms with Gasteiger partial charge in [0.25, 0.3) is 0 Å². The summed E-state index contributed by atoms with van der Waals surface area (Å²) in [5.74, 6) is -0.156. The molecule has 6 heteroatoms. The SMILES string of the molecule is CCOC(=O)C1CCCN(CCC(=O)Nc2ccccc2)C1.[Cl-]. The third kappa shape index (κ3) is 6.59. The number of nitrogens with zero attached hydrogens (tertiary/aromatic N) is 1. The Hall–Kier alpha value is -1.59. The fourth-order valence-electron chi connectivity index (χ4n) is 2.72. The summed E-state index contributed by atoms with van der Waals surface area (Å²) in [6, 6.07) is 9.44. The van der Waals surface area contributed by atoms with E-state index in [2.05, 4.69) is 10.2 Å². The van der Waals surface area contributed by atoms with Gasteiger partial charge in [-0.2, -0.15) is 0 Å². The maximum absolute atomic E-state index is 11.9. The van der Waals surface area contributed by atoms with Crippen LogP contribution >= 0.6 is 0 Å². The first kappa shape index (κ1) is 19.5. The molecule has 0 saturated carbocycles. The molecule has 1 heterocycles. The molecule has 5 nitrogen and oxygen atoms in total. The Bertz CT molecular complexity index is 496. The molecule has 1 aromatic carbocycles. The van der Waals surface area contributed by atoms with E-state index in [0.717, 1.165) is 25.1 Å². The molecule has 128 valence electrons. The molecule has 1 atom stereocenters. The molecule has 1 aliphatic heterocycles. The van der Waals surface area contributed by atoms with Crippen molar-refractivity contribution in [2.24, 2.45) is 5.92 Å². The summed E-state index contributed by atoms with van der Waals surface area (Å²) in [6.45, 7) is 4.56. The molecule has 1 unspecified atom stereocenters. The normalized spacial score (nSPS) is 17.9. The number of hydrogen-bond donors (Lipinski definition) is 1. The Morgan fingerprint density at radius 1 is 1.30 bits per heavy atom. The maximum atomic E-state index is 11.9. The van der Waals surface area contributed by atoms with Gasteiger partial charge in [0.2, 0.25) is 5.91 Å². The summed E-state index contributed by atoms with van der Waals surface area (Å²) >= 11 is 0. The van der Waals surface area contributed by atoms with Gasteiger partial charge in [-0.3, -0.25) is 9.59 Å². The van der Waals surface area contributed by atoms with Crippen LogP contribution in [0.2, 0.25) is 0 Å². The summed E-state index contributed by atoms with van der Waals surface area (Å²) < 4.78 is 5.09. The molecular formula is C17H24ClN2O3-. The smallest absolute Gasteiger partial charge is 0.310 e. The van der Waals surface area contributed by atoms with Crippen LogP contribution in [0.5, 0.6) is 0 Å². The van der Waals surface area contributed by atoms with Crippen LogP contribution in [-0.4, -0.2) is 43.0 Å². The average molecular weight is 340 g/mol. The fraction of sp³-hybridized carbons (Fsp3) is 0.529. The quantitative estimate of drug-likeness (QED) is 0.696. The van der Waals surface area contributed by atoms with Crippen LogP contribution in [0.4, 0.5) is 5.69 Å². The van der Waals surface area contributed by atoms with Crippen molar-refractivity contribution in [3.8, 4) is 0 Å². The second kappa shape index (κ2) is 10.2. The van der Waals surface area contributed by atoms with Crippen molar-refractivity contribution in [3.63, 3.8) is 0 Å². The minimum atomic E-state index is -0.110. The van der Waals surface area contributed by atoms with Gasteiger partial charge in [0.15, 0.2) is 0 Å². The number of likely N-dealkylation sites (tertiary alicyclic amines) is 1. The lowest BCUT2D eigenvalue weighted by molar-refractivity contribution is -0.149. The third-order valence-corrected chi connectivity index (χ3v) is 3.84.